The summed E-state index contributed by atoms with van der Waals surface area (Å²) in [6.45, 7) is 5.67. The lowest BCUT2D eigenvalue weighted by molar-refractivity contribution is -0.138. The van der Waals surface area contributed by atoms with E-state index >= 15 is 0 Å². The van der Waals surface area contributed by atoms with E-state index in [2.05, 4.69) is 5.32 Å². The molecule has 1 N–H and O–H groups in total. The van der Waals surface area contributed by atoms with Gasteiger partial charge in [0, 0.05) is 33.9 Å². The molecule has 31 heavy (non-hydrogen) atoms. The Labute approximate surface area is 197 Å². The summed E-state index contributed by atoms with van der Waals surface area (Å²) in [6, 6.07) is 10.9. The molecule has 0 aromatic heterocycles. The number of nitrogens with zero attached hydrogens (tertiary/aromatic N) is 1. The van der Waals surface area contributed by atoms with Crippen LogP contribution >= 0.6 is 35.0 Å². The molecule has 0 radical (unpaired) electrons. The van der Waals surface area contributed by atoms with Gasteiger partial charge in [-0.2, -0.15) is 0 Å². The molecule has 8 heteroatoms. The Kier molecular flexibility index (Phi) is 10.1. The minimum Gasteiger partial charge on any atom is -0.352 e. The number of thioether (sulfide) groups is 1. The summed E-state index contributed by atoms with van der Waals surface area (Å²) in [6.07, 6.45) is 0.779. The van der Waals surface area contributed by atoms with Crippen molar-refractivity contribution in [1.82, 2.24) is 10.2 Å². The largest absolute Gasteiger partial charge is 0.352 e. The summed E-state index contributed by atoms with van der Waals surface area (Å²) >= 11 is 13.9. The molecule has 2 rings (SSSR count). The topological polar surface area (TPSA) is 49.4 Å². The van der Waals surface area contributed by atoms with Gasteiger partial charge in [0.1, 0.15) is 11.9 Å². The second-order valence-corrected chi connectivity index (χ2v) is 9.10. The quantitative estimate of drug-likeness (QED) is 0.470. The van der Waals surface area contributed by atoms with Gasteiger partial charge >= 0.3 is 0 Å². The highest BCUT2D eigenvalue weighted by Gasteiger charge is 2.28. The van der Waals surface area contributed by atoms with E-state index in [1.807, 2.05) is 13.8 Å². The minimum atomic E-state index is -0.720. The van der Waals surface area contributed by atoms with Crippen molar-refractivity contribution in [2.24, 2.45) is 0 Å². The third-order valence-electron chi connectivity index (χ3n) is 5.00. The summed E-state index contributed by atoms with van der Waals surface area (Å²) in [5.74, 6) is -0.346. The van der Waals surface area contributed by atoms with E-state index in [1.165, 1.54) is 22.7 Å². The highest BCUT2D eigenvalue weighted by Crippen LogP contribution is 2.27. The molecule has 0 spiro atoms. The van der Waals surface area contributed by atoms with Crippen LogP contribution in [0.2, 0.25) is 10.0 Å². The predicted molar refractivity (Wildman–Crippen MR) is 127 cm³/mol. The van der Waals surface area contributed by atoms with Crippen molar-refractivity contribution in [2.45, 2.75) is 51.6 Å². The maximum Gasteiger partial charge on any atom is 0.242 e. The van der Waals surface area contributed by atoms with Gasteiger partial charge in [-0.15, -0.1) is 11.8 Å². The van der Waals surface area contributed by atoms with E-state index in [-0.39, 0.29) is 36.0 Å². The van der Waals surface area contributed by atoms with Gasteiger partial charge in [-0.25, -0.2) is 4.39 Å². The van der Waals surface area contributed by atoms with Crippen LogP contribution in [0.5, 0.6) is 0 Å². The number of benzene rings is 2. The summed E-state index contributed by atoms with van der Waals surface area (Å²) < 4.78 is 13.8. The number of rotatable bonds is 10. The van der Waals surface area contributed by atoms with Gasteiger partial charge in [-0.3, -0.25) is 9.59 Å². The first-order valence-corrected chi connectivity index (χ1v) is 12.0. The fourth-order valence-corrected chi connectivity index (χ4v) is 4.26. The van der Waals surface area contributed by atoms with Crippen molar-refractivity contribution in [3.63, 3.8) is 0 Å². The van der Waals surface area contributed by atoms with Crippen LogP contribution in [0.1, 0.15) is 38.3 Å². The molecular weight excluding hydrogens is 458 g/mol. The predicted octanol–water partition coefficient (Wildman–Crippen LogP) is 5.70. The SMILES string of the molecule is CC[C@@H](C)NC(=O)[C@H](C)N(Cc1c(Cl)cccc1Cl)C(=O)CSCc1ccccc1F. The van der Waals surface area contributed by atoms with Crippen LogP contribution in [0.25, 0.3) is 0 Å². The first-order valence-electron chi connectivity index (χ1n) is 10.1. The molecule has 168 valence electrons. The third-order valence-corrected chi connectivity index (χ3v) is 6.67. The second-order valence-electron chi connectivity index (χ2n) is 7.30. The normalized spacial score (nSPS) is 12.8. The van der Waals surface area contributed by atoms with Crippen molar-refractivity contribution in [3.05, 3.63) is 69.5 Å². The Balaban J connectivity index is 2.16. The molecule has 0 aliphatic carbocycles. The number of hydrogen-bond donors (Lipinski definition) is 1. The third kappa shape index (κ3) is 7.41. The average molecular weight is 485 g/mol. The van der Waals surface area contributed by atoms with Crippen molar-refractivity contribution in [1.29, 1.82) is 0 Å². The van der Waals surface area contributed by atoms with Crippen molar-refractivity contribution >= 4 is 46.8 Å². The molecule has 0 aliphatic heterocycles. The lowest BCUT2D eigenvalue weighted by Crippen LogP contribution is -2.50. The highest BCUT2D eigenvalue weighted by molar-refractivity contribution is 7.99. The van der Waals surface area contributed by atoms with E-state index in [0.29, 0.717) is 26.9 Å². The standard InChI is InChI=1S/C23H27Cl2FN2O2S/c1-4-15(2)27-23(30)16(3)28(12-18-19(24)9-7-10-20(18)25)22(29)14-31-13-17-8-5-6-11-21(17)26/h5-11,15-16H,4,12-14H2,1-3H3,(H,27,30)/t15-,16+/m1/s1. The summed E-state index contributed by atoms with van der Waals surface area (Å²) in [5.41, 5.74) is 1.12. The van der Waals surface area contributed by atoms with Crippen LogP contribution in [0, 0.1) is 5.82 Å². The molecule has 0 bridgehead atoms. The molecule has 4 nitrogen and oxygen atoms in total. The number of carbonyl (C=O) groups is 2. The van der Waals surface area contributed by atoms with Crippen LogP contribution in [0.3, 0.4) is 0 Å². The number of nitrogens with one attached hydrogen (secondary N) is 1. The summed E-state index contributed by atoms with van der Waals surface area (Å²) in [4.78, 5) is 27.3. The smallest absolute Gasteiger partial charge is 0.242 e. The zero-order chi connectivity index (χ0) is 23.0. The zero-order valence-electron chi connectivity index (χ0n) is 17.8. The van der Waals surface area contributed by atoms with Crippen molar-refractivity contribution in [2.75, 3.05) is 5.75 Å². The van der Waals surface area contributed by atoms with E-state index < -0.39 is 6.04 Å². The maximum atomic E-state index is 13.8. The molecule has 2 aromatic carbocycles. The maximum absolute atomic E-state index is 13.8. The molecule has 0 fully saturated rings. The van der Waals surface area contributed by atoms with Crippen molar-refractivity contribution in [3.8, 4) is 0 Å². The molecule has 0 unspecified atom stereocenters. The van der Waals surface area contributed by atoms with Gasteiger partial charge in [0.2, 0.25) is 11.8 Å². The lowest BCUT2D eigenvalue weighted by Gasteiger charge is -2.30. The Morgan fingerprint density at radius 2 is 1.74 bits per heavy atom. The lowest BCUT2D eigenvalue weighted by atomic mass is 10.1. The Hall–Kier alpha value is -1.76. The second kappa shape index (κ2) is 12.3. The molecule has 2 atom stereocenters. The average Bonchev–Trinajstić information content (AvgIpc) is 2.74. The summed E-state index contributed by atoms with van der Waals surface area (Å²) in [7, 11) is 0. The van der Waals surface area contributed by atoms with E-state index in [0.717, 1.165) is 6.42 Å². The van der Waals surface area contributed by atoms with Crippen LogP contribution in [0.15, 0.2) is 42.5 Å². The van der Waals surface area contributed by atoms with E-state index in [9.17, 15) is 14.0 Å². The first kappa shape index (κ1) is 25.5. The molecule has 0 saturated carbocycles. The van der Waals surface area contributed by atoms with Gasteiger partial charge in [-0.05, 0) is 44.0 Å². The fraction of sp³-hybridized carbons (Fsp3) is 0.391. The molecule has 0 aliphatic rings. The Bertz CT molecular complexity index is 893. The molecule has 0 saturated heterocycles. The van der Waals surface area contributed by atoms with Crippen LogP contribution in [-0.4, -0.2) is 34.6 Å². The van der Waals surface area contributed by atoms with Gasteiger partial charge in [-0.1, -0.05) is 54.4 Å². The monoisotopic (exact) mass is 484 g/mol. The first-order chi connectivity index (χ1) is 14.7. The van der Waals surface area contributed by atoms with Crippen LogP contribution in [0.4, 0.5) is 4.39 Å². The van der Waals surface area contributed by atoms with Crippen LogP contribution in [-0.2, 0) is 21.9 Å². The Morgan fingerprint density at radius 3 is 2.35 bits per heavy atom. The number of halogens is 3. The van der Waals surface area contributed by atoms with Gasteiger partial charge in [0.15, 0.2) is 0 Å². The Morgan fingerprint density at radius 1 is 1.10 bits per heavy atom. The van der Waals surface area contributed by atoms with Crippen molar-refractivity contribution < 1.29 is 14.0 Å². The number of amides is 2. The molecule has 2 amide bonds. The van der Waals surface area contributed by atoms with Gasteiger partial charge in [0.25, 0.3) is 0 Å². The molecule has 2 aromatic rings. The van der Waals surface area contributed by atoms with Crippen LogP contribution < -0.4 is 5.32 Å². The molecular formula is C23H27Cl2FN2O2S. The minimum absolute atomic E-state index is 0.00812. The molecule has 0 heterocycles. The number of hydrogen-bond acceptors (Lipinski definition) is 3. The van der Waals surface area contributed by atoms with E-state index in [4.69, 9.17) is 23.2 Å². The van der Waals surface area contributed by atoms with Gasteiger partial charge < -0.3 is 10.2 Å². The highest BCUT2D eigenvalue weighted by atomic mass is 35.5. The zero-order valence-corrected chi connectivity index (χ0v) is 20.2. The fourth-order valence-electron chi connectivity index (χ4n) is 2.85. The number of carbonyl (C=O) groups excluding carboxylic acids is 2. The summed E-state index contributed by atoms with van der Waals surface area (Å²) in [5, 5.41) is 3.77. The van der Waals surface area contributed by atoms with Gasteiger partial charge in [0.05, 0.1) is 5.75 Å². The van der Waals surface area contributed by atoms with E-state index in [1.54, 1.807) is 43.3 Å².